The van der Waals surface area contributed by atoms with Crippen LogP contribution in [0.2, 0.25) is 0 Å². The van der Waals surface area contributed by atoms with Crippen LogP contribution in [0.25, 0.3) is 0 Å². The molecule has 1 aliphatic heterocycles. The van der Waals surface area contributed by atoms with Crippen molar-refractivity contribution in [1.82, 2.24) is 21.5 Å². The summed E-state index contributed by atoms with van der Waals surface area (Å²) in [7, 11) is 0. The van der Waals surface area contributed by atoms with Crippen LogP contribution in [0.3, 0.4) is 0 Å². The number of hydrogen-bond acceptors (Lipinski definition) is 4. The number of aliphatic imine (C=N–C) groups is 1. The summed E-state index contributed by atoms with van der Waals surface area (Å²) in [5.41, 5.74) is 5.72. The monoisotopic (exact) mass is 449 g/mol. The van der Waals surface area contributed by atoms with Gasteiger partial charge in [0.25, 0.3) is 0 Å². The molecule has 0 radical (unpaired) electrons. The summed E-state index contributed by atoms with van der Waals surface area (Å²) < 4.78 is 54.7. The van der Waals surface area contributed by atoms with Crippen LogP contribution in [0.1, 0.15) is 65.7 Å². The van der Waals surface area contributed by atoms with E-state index in [1.807, 2.05) is 20.8 Å². The number of alkyl halides is 4. The van der Waals surface area contributed by atoms with Gasteiger partial charge in [0.1, 0.15) is 30.9 Å². The van der Waals surface area contributed by atoms with Crippen molar-refractivity contribution >= 4 is 11.9 Å². The van der Waals surface area contributed by atoms with Crippen LogP contribution in [0.15, 0.2) is 4.99 Å². The number of hydrogen-bond donors (Lipinski definition) is 4. The topological polar surface area (TPSA) is 77.6 Å². The van der Waals surface area contributed by atoms with Crippen LogP contribution in [0.5, 0.6) is 0 Å². The number of rotatable bonds is 3. The minimum atomic E-state index is -1.63. The predicted molar refractivity (Wildman–Crippen MR) is 111 cm³/mol. The molecule has 0 bridgehead atoms. The Kier molecular flexibility index (Phi) is 7.83. The van der Waals surface area contributed by atoms with Gasteiger partial charge in [0, 0.05) is 30.3 Å². The second-order valence-corrected chi connectivity index (χ2v) is 10.2. The molecule has 2 saturated carbocycles. The summed E-state index contributed by atoms with van der Waals surface area (Å²) in [4.78, 5) is 17.2. The normalized spacial score (nSPS) is 39.9. The fourth-order valence-corrected chi connectivity index (χ4v) is 4.65. The number of guanidine groups is 1. The van der Waals surface area contributed by atoms with Crippen molar-refractivity contribution in [3.8, 4) is 0 Å². The summed E-state index contributed by atoms with van der Waals surface area (Å²) in [6.45, 7) is 5.73. The van der Waals surface area contributed by atoms with Gasteiger partial charge in [0.05, 0.1) is 0 Å². The van der Waals surface area contributed by atoms with Crippen LogP contribution < -0.4 is 21.5 Å². The zero-order valence-electron chi connectivity index (χ0n) is 18.4. The fourth-order valence-electron chi connectivity index (χ4n) is 4.65. The van der Waals surface area contributed by atoms with E-state index in [1.54, 1.807) is 0 Å². The van der Waals surface area contributed by atoms with Crippen LogP contribution in [0.4, 0.5) is 17.6 Å². The fraction of sp³-hybridized carbons (Fsp3) is 0.905. The molecule has 0 spiro atoms. The Morgan fingerprint density at radius 3 is 2.19 bits per heavy atom. The van der Waals surface area contributed by atoms with Crippen molar-refractivity contribution in [1.29, 1.82) is 0 Å². The van der Waals surface area contributed by atoms with E-state index in [9.17, 15) is 22.4 Å². The van der Waals surface area contributed by atoms with Gasteiger partial charge in [-0.25, -0.2) is 28.0 Å². The molecule has 178 valence electrons. The lowest BCUT2D eigenvalue weighted by Gasteiger charge is -2.31. The molecule has 3 aliphatic rings. The van der Waals surface area contributed by atoms with Gasteiger partial charge in [-0.1, -0.05) is 0 Å². The van der Waals surface area contributed by atoms with Crippen molar-refractivity contribution in [3.05, 3.63) is 0 Å². The second kappa shape index (κ2) is 10.0. The molecule has 10 heteroatoms. The average molecular weight is 450 g/mol. The third kappa shape index (κ3) is 7.03. The highest BCUT2D eigenvalue weighted by molar-refractivity contribution is 5.98. The minimum Gasteiger partial charge on any atom is -0.351 e. The van der Waals surface area contributed by atoms with E-state index in [0.717, 1.165) is 0 Å². The van der Waals surface area contributed by atoms with E-state index in [-0.39, 0.29) is 49.5 Å². The Balaban J connectivity index is 1.62. The molecule has 7 atom stereocenters. The number of carbonyl (C=O) groups is 1. The van der Waals surface area contributed by atoms with Crippen molar-refractivity contribution in [3.63, 3.8) is 0 Å². The third-order valence-electron chi connectivity index (χ3n) is 6.19. The molecule has 0 aromatic carbocycles. The highest BCUT2D eigenvalue weighted by atomic mass is 19.2. The maximum Gasteiger partial charge on any atom is 0.229 e. The van der Waals surface area contributed by atoms with E-state index in [4.69, 9.17) is 0 Å². The molecule has 4 N–H and O–H groups in total. The largest absolute Gasteiger partial charge is 0.351 e. The zero-order valence-corrected chi connectivity index (χ0v) is 18.4. The summed E-state index contributed by atoms with van der Waals surface area (Å²) in [6, 6.07) is -0.121. The molecule has 0 aromatic heterocycles. The van der Waals surface area contributed by atoms with Crippen LogP contribution >= 0.6 is 0 Å². The summed E-state index contributed by atoms with van der Waals surface area (Å²) in [5, 5.41) is 5.88. The lowest BCUT2D eigenvalue weighted by atomic mass is 9.81. The zero-order chi connectivity index (χ0) is 22.8. The van der Waals surface area contributed by atoms with Gasteiger partial charge in [-0.05, 0) is 58.8 Å². The van der Waals surface area contributed by atoms with E-state index < -0.39 is 42.3 Å². The minimum absolute atomic E-state index is 0.0285. The Morgan fingerprint density at radius 1 is 0.903 bits per heavy atom. The quantitative estimate of drug-likeness (QED) is 0.304. The standard InChI is InChI=1S/C21H35F4N5O/c1-21(2,3)28-20(27-19(31)11-4-5-15(24)16(25)8-11)26-18-10-17(29-30-18)12-6-13(22)9-14(23)7-12/h11-18,29-30H,4-10H2,1-3H3,(H2,26,27,28,31). The molecule has 31 heavy (non-hydrogen) atoms. The van der Waals surface area contributed by atoms with Crippen LogP contribution in [-0.4, -0.2) is 54.3 Å². The lowest BCUT2D eigenvalue weighted by molar-refractivity contribution is -0.125. The van der Waals surface area contributed by atoms with E-state index in [1.165, 1.54) is 0 Å². The van der Waals surface area contributed by atoms with Crippen molar-refractivity contribution in [2.45, 2.75) is 108 Å². The Bertz CT molecular complexity index is 648. The summed E-state index contributed by atoms with van der Waals surface area (Å²) in [5.74, 6) is -0.884. The van der Waals surface area contributed by atoms with Crippen LogP contribution in [-0.2, 0) is 4.79 Å². The van der Waals surface area contributed by atoms with Crippen molar-refractivity contribution in [2.75, 3.05) is 0 Å². The lowest BCUT2D eigenvalue weighted by Crippen LogP contribution is -2.52. The summed E-state index contributed by atoms with van der Waals surface area (Å²) >= 11 is 0. The van der Waals surface area contributed by atoms with Gasteiger partial charge < -0.3 is 5.32 Å². The highest BCUT2D eigenvalue weighted by Gasteiger charge is 2.38. The summed E-state index contributed by atoms with van der Waals surface area (Å²) in [6.07, 6.45) is -4.49. The van der Waals surface area contributed by atoms with E-state index in [0.29, 0.717) is 19.3 Å². The first-order valence-corrected chi connectivity index (χ1v) is 11.2. The van der Waals surface area contributed by atoms with Crippen molar-refractivity contribution < 1.29 is 22.4 Å². The molecule has 2 aliphatic carbocycles. The maximum absolute atomic E-state index is 13.8. The average Bonchev–Trinajstić information content (AvgIpc) is 3.10. The van der Waals surface area contributed by atoms with Gasteiger partial charge in [0.2, 0.25) is 5.91 Å². The Labute approximate surface area is 181 Å². The first kappa shape index (κ1) is 24.2. The smallest absolute Gasteiger partial charge is 0.229 e. The number of halogens is 4. The molecule has 1 saturated heterocycles. The van der Waals surface area contributed by atoms with Gasteiger partial charge in [-0.15, -0.1) is 0 Å². The molecular formula is C21H35F4N5O. The molecule has 1 amide bonds. The Morgan fingerprint density at radius 2 is 1.58 bits per heavy atom. The predicted octanol–water partition coefficient (Wildman–Crippen LogP) is 2.99. The molecule has 1 heterocycles. The third-order valence-corrected chi connectivity index (χ3v) is 6.19. The van der Waals surface area contributed by atoms with Crippen LogP contribution in [0, 0.1) is 11.8 Å². The van der Waals surface area contributed by atoms with E-state index >= 15 is 0 Å². The SMILES string of the molecule is CC(C)(C)N/C(=N\C1CC(C2CC(F)CC(F)C2)NN1)NC(=O)C1CCC(F)C(F)C1. The first-order chi connectivity index (χ1) is 14.5. The second-order valence-electron chi connectivity index (χ2n) is 10.2. The number of nitrogens with zero attached hydrogens (tertiary/aromatic N) is 1. The number of hydrazine groups is 1. The molecule has 0 aromatic rings. The molecular weight excluding hydrogens is 414 g/mol. The molecule has 6 nitrogen and oxygen atoms in total. The van der Waals surface area contributed by atoms with Gasteiger partial charge >= 0.3 is 0 Å². The highest BCUT2D eigenvalue weighted by Crippen LogP contribution is 2.33. The molecule has 7 unspecified atom stereocenters. The van der Waals surface area contributed by atoms with Gasteiger partial charge in [0.15, 0.2) is 5.96 Å². The van der Waals surface area contributed by atoms with Gasteiger partial charge in [-0.3, -0.25) is 15.5 Å². The number of nitrogens with one attached hydrogen (secondary N) is 4. The maximum atomic E-state index is 13.8. The molecule has 3 rings (SSSR count). The number of amides is 1. The molecule has 3 fully saturated rings. The van der Waals surface area contributed by atoms with E-state index in [2.05, 4.69) is 26.5 Å². The van der Waals surface area contributed by atoms with Gasteiger partial charge in [-0.2, -0.15) is 0 Å². The van der Waals surface area contributed by atoms with Crippen molar-refractivity contribution in [2.24, 2.45) is 16.8 Å². The number of carbonyl (C=O) groups excluding carboxylic acids is 1. The Hall–Kier alpha value is -1.42. The first-order valence-electron chi connectivity index (χ1n) is 11.2.